The van der Waals surface area contributed by atoms with Crippen LogP contribution in [-0.2, 0) is 4.79 Å². The van der Waals surface area contributed by atoms with Crippen LogP contribution in [0.5, 0.6) is 5.75 Å². The molecular formula is C16H18BrN3O2S. The number of carbonyl (C=O) groups excluding carboxylic acids is 1. The van der Waals surface area contributed by atoms with Crippen LogP contribution in [0.15, 0.2) is 28.7 Å². The van der Waals surface area contributed by atoms with Crippen LogP contribution in [0, 0.1) is 0 Å². The topological polar surface area (TPSA) is 64.1 Å². The monoisotopic (exact) mass is 395 g/mol. The third-order valence-electron chi connectivity index (χ3n) is 3.84. The third kappa shape index (κ3) is 4.51. The fourth-order valence-electron chi connectivity index (χ4n) is 2.66. The van der Waals surface area contributed by atoms with E-state index >= 15 is 0 Å². The van der Waals surface area contributed by atoms with Gasteiger partial charge in [0.05, 0.1) is 4.47 Å². The second kappa shape index (κ2) is 7.88. The minimum absolute atomic E-state index is 0.0546. The average molecular weight is 396 g/mol. The van der Waals surface area contributed by atoms with Crippen LogP contribution in [0.3, 0.4) is 0 Å². The SMILES string of the molecule is O=C(COc1ccccc1Br)Nc1nnc(C2CCCCC2)s1. The number of benzene rings is 1. The van der Waals surface area contributed by atoms with Crippen LogP contribution < -0.4 is 10.1 Å². The molecular weight excluding hydrogens is 378 g/mol. The molecule has 1 heterocycles. The van der Waals surface area contributed by atoms with Crippen molar-refractivity contribution in [2.75, 3.05) is 11.9 Å². The second-order valence-corrected chi connectivity index (χ2v) is 7.41. The average Bonchev–Trinajstić information content (AvgIpc) is 3.03. The largest absolute Gasteiger partial charge is 0.483 e. The van der Waals surface area contributed by atoms with Crippen molar-refractivity contribution >= 4 is 38.3 Å². The standard InChI is InChI=1S/C16H18BrN3O2S/c17-12-8-4-5-9-13(12)22-10-14(21)18-16-20-19-15(23-16)11-6-2-1-3-7-11/h4-5,8-9,11H,1-3,6-7,10H2,(H,18,20,21). The van der Waals surface area contributed by atoms with E-state index in [9.17, 15) is 4.79 Å². The van der Waals surface area contributed by atoms with Crippen molar-refractivity contribution in [1.29, 1.82) is 0 Å². The van der Waals surface area contributed by atoms with Crippen molar-refractivity contribution in [1.82, 2.24) is 10.2 Å². The van der Waals surface area contributed by atoms with Crippen molar-refractivity contribution < 1.29 is 9.53 Å². The predicted molar refractivity (Wildman–Crippen MR) is 94.0 cm³/mol. The maximum absolute atomic E-state index is 12.0. The predicted octanol–water partition coefficient (Wildman–Crippen LogP) is 4.37. The summed E-state index contributed by atoms with van der Waals surface area (Å²) in [5, 5.41) is 12.6. The first kappa shape index (κ1) is 16.4. The molecule has 2 aromatic rings. The summed E-state index contributed by atoms with van der Waals surface area (Å²) < 4.78 is 6.31. The number of carbonyl (C=O) groups is 1. The molecule has 0 bridgehead atoms. The van der Waals surface area contributed by atoms with Crippen molar-refractivity contribution in [2.24, 2.45) is 0 Å². The number of para-hydroxylation sites is 1. The summed E-state index contributed by atoms with van der Waals surface area (Å²) in [5.41, 5.74) is 0. The molecule has 23 heavy (non-hydrogen) atoms. The van der Waals surface area contributed by atoms with E-state index in [4.69, 9.17) is 4.74 Å². The zero-order valence-corrected chi connectivity index (χ0v) is 15.0. The van der Waals surface area contributed by atoms with Crippen LogP contribution in [-0.4, -0.2) is 22.7 Å². The molecule has 1 amide bonds. The third-order valence-corrected chi connectivity index (χ3v) is 5.49. The quantitative estimate of drug-likeness (QED) is 0.816. The number of rotatable bonds is 5. The number of amides is 1. The van der Waals surface area contributed by atoms with Crippen molar-refractivity contribution in [3.05, 3.63) is 33.7 Å². The van der Waals surface area contributed by atoms with E-state index in [0.717, 1.165) is 9.48 Å². The number of hydrogen-bond acceptors (Lipinski definition) is 5. The molecule has 0 atom stereocenters. The lowest BCUT2D eigenvalue weighted by Gasteiger charge is -2.18. The molecule has 5 nitrogen and oxygen atoms in total. The minimum Gasteiger partial charge on any atom is -0.483 e. The Morgan fingerprint density at radius 2 is 2.04 bits per heavy atom. The first-order chi connectivity index (χ1) is 11.2. The van der Waals surface area contributed by atoms with E-state index in [-0.39, 0.29) is 12.5 Å². The Morgan fingerprint density at radius 3 is 2.83 bits per heavy atom. The zero-order chi connectivity index (χ0) is 16.1. The fourth-order valence-corrected chi connectivity index (χ4v) is 3.99. The van der Waals surface area contributed by atoms with E-state index in [1.165, 1.54) is 43.4 Å². The molecule has 0 unspecified atom stereocenters. The van der Waals surface area contributed by atoms with Gasteiger partial charge in [0, 0.05) is 5.92 Å². The number of aromatic nitrogens is 2. The van der Waals surface area contributed by atoms with Crippen molar-refractivity contribution in [3.63, 3.8) is 0 Å². The molecule has 0 aliphatic heterocycles. The molecule has 1 fully saturated rings. The summed E-state index contributed by atoms with van der Waals surface area (Å²) in [7, 11) is 0. The van der Waals surface area contributed by atoms with Gasteiger partial charge in [-0.25, -0.2) is 0 Å². The van der Waals surface area contributed by atoms with Crippen LogP contribution in [0.1, 0.15) is 43.0 Å². The van der Waals surface area contributed by atoms with E-state index in [2.05, 4.69) is 31.4 Å². The maximum atomic E-state index is 12.0. The summed E-state index contributed by atoms with van der Waals surface area (Å²) in [6.07, 6.45) is 6.17. The summed E-state index contributed by atoms with van der Waals surface area (Å²) >= 11 is 4.86. The molecule has 1 N–H and O–H groups in total. The summed E-state index contributed by atoms with van der Waals surface area (Å²) in [6, 6.07) is 7.43. The van der Waals surface area contributed by atoms with Gasteiger partial charge in [0.1, 0.15) is 10.8 Å². The number of halogens is 1. The highest BCUT2D eigenvalue weighted by Gasteiger charge is 2.20. The van der Waals surface area contributed by atoms with E-state index in [1.807, 2.05) is 24.3 Å². The fraction of sp³-hybridized carbons (Fsp3) is 0.438. The molecule has 1 aromatic carbocycles. The number of ether oxygens (including phenoxy) is 1. The Kier molecular flexibility index (Phi) is 5.61. The molecule has 1 aliphatic rings. The van der Waals surface area contributed by atoms with Gasteiger partial charge < -0.3 is 4.74 Å². The molecule has 1 aliphatic carbocycles. The van der Waals surface area contributed by atoms with Gasteiger partial charge in [0.25, 0.3) is 5.91 Å². The summed E-state index contributed by atoms with van der Waals surface area (Å²) in [6.45, 7) is -0.0546. The molecule has 0 saturated heterocycles. The van der Waals surface area contributed by atoms with Crippen LogP contribution in [0.4, 0.5) is 5.13 Å². The highest BCUT2D eigenvalue weighted by atomic mass is 79.9. The van der Waals surface area contributed by atoms with Crippen LogP contribution >= 0.6 is 27.3 Å². The number of anilines is 1. The Labute approximate surface area is 147 Å². The normalized spacial score (nSPS) is 15.3. The molecule has 7 heteroatoms. The van der Waals surface area contributed by atoms with Gasteiger partial charge >= 0.3 is 0 Å². The van der Waals surface area contributed by atoms with Crippen molar-refractivity contribution in [2.45, 2.75) is 38.0 Å². The van der Waals surface area contributed by atoms with Crippen LogP contribution in [0.25, 0.3) is 0 Å². The molecule has 0 radical (unpaired) electrons. The van der Waals surface area contributed by atoms with E-state index in [1.54, 1.807) is 0 Å². The smallest absolute Gasteiger partial charge is 0.264 e. The zero-order valence-electron chi connectivity index (χ0n) is 12.6. The highest BCUT2D eigenvalue weighted by molar-refractivity contribution is 9.10. The molecule has 0 spiro atoms. The summed E-state index contributed by atoms with van der Waals surface area (Å²) in [5.74, 6) is 0.915. The first-order valence-electron chi connectivity index (χ1n) is 7.73. The van der Waals surface area contributed by atoms with Crippen molar-refractivity contribution in [3.8, 4) is 5.75 Å². The minimum atomic E-state index is -0.230. The van der Waals surface area contributed by atoms with Gasteiger partial charge in [-0.3, -0.25) is 10.1 Å². The maximum Gasteiger partial charge on any atom is 0.264 e. The molecule has 3 rings (SSSR count). The Bertz CT molecular complexity index is 671. The van der Waals surface area contributed by atoms with Crippen LogP contribution in [0.2, 0.25) is 0 Å². The molecule has 1 aromatic heterocycles. The van der Waals surface area contributed by atoms with Gasteiger partial charge in [0.2, 0.25) is 5.13 Å². The van der Waals surface area contributed by atoms with Gasteiger partial charge in [-0.1, -0.05) is 42.7 Å². The number of nitrogens with zero attached hydrogens (tertiary/aromatic N) is 2. The van der Waals surface area contributed by atoms with E-state index in [0.29, 0.717) is 16.8 Å². The van der Waals surface area contributed by atoms with Gasteiger partial charge in [-0.05, 0) is 40.9 Å². The Balaban J connectivity index is 1.52. The lowest BCUT2D eigenvalue weighted by Crippen LogP contribution is -2.20. The van der Waals surface area contributed by atoms with Gasteiger partial charge in [0.15, 0.2) is 6.61 Å². The molecule has 122 valence electrons. The molecule has 1 saturated carbocycles. The van der Waals surface area contributed by atoms with E-state index < -0.39 is 0 Å². The lowest BCUT2D eigenvalue weighted by atomic mass is 9.90. The highest BCUT2D eigenvalue weighted by Crippen LogP contribution is 2.35. The number of hydrogen-bond donors (Lipinski definition) is 1. The lowest BCUT2D eigenvalue weighted by molar-refractivity contribution is -0.118. The first-order valence-corrected chi connectivity index (χ1v) is 9.34. The van der Waals surface area contributed by atoms with Gasteiger partial charge in [-0.15, -0.1) is 10.2 Å². The second-order valence-electron chi connectivity index (χ2n) is 5.55. The Morgan fingerprint density at radius 1 is 1.26 bits per heavy atom. The summed E-state index contributed by atoms with van der Waals surface area (Å²) in [4.78, 5) is 12.0. The van der Waals surface area contributed by atoms with Gasteiger partial charge in [-0.2, -0.15) is 0 Å². The number of nitrogens with one attached hydrogen (secondary N) is 1. The Hall–Kier alpha value is -1.47.